The minimum atomic E-state index is -0.578. The number of rotatable bonds is 4. The molecule has 1 aromatic carbocycles. The number of benzene rings is 1. The highest BCUT2D eigenvalue weighted by Crippen LogP contribution is 2.23. The predicted molar refractivity (Wildman–Crippen MR) is 130 cm³/mol. The van der Waals surface area contributed by atoms with Crippen molar-refractivity contribution in [3.63, 3.8) is 0 Å². The number of aromatic nitrogens is 4. The Kier molecular flexibility index (Phi) is 6.67. The van der Waals surface area contributed by atoms with Crippen LogP contribution < -0.4 is 5.56 Å². The minimum Gasteiger partial charge on any atom is -0.340 e. The van der Waals surface area contributed by atoms with Crippen molar-refractivity contribution in [1.82, 2.24) is 29.5 Å². The van der Waals surface area contributed by atoms with Crippen LogP contribution in [0.25, 0.3) is 0 Å². The maximum Gasteiger partial charge on any atom is 0.274 e. The Morgan fingerprint density at radius 1 is 1.00 bits per heavy atom. The van der Waals surface area contributed by atoms with E-state index < -0.39 is 11.7 Å². The average molecular weight is 493 g/mol. The highest BCUT2D eigenvalue weighted by molar-refractivity contribution is 5.95. The normalized spacial score (nSPS) is 15.9. The fraction of sp³-hybridized carbons (Fsp3) is 0.423. The molecule has 0 unspecified atom stereocenters. The Hall–Kier alpha value is -3.82. The number of carbonyl (C=O) groups excluding carboxylic acids is 2. The van der Waals surface area contributed by atoms with Crippen LogP contribution in [-0.2, 0) is 26.3 Å². The van der Waals surface area contributed by atoms with Gasteiger partial charge in [0.25, 0.3) is 17.4 Å². The van der Waals surface area contributed by atoms with Gasteiger partial charge in [-0.1, -0.05) is 6.07 Å². The number of aromatic amines is 1. The monoisotopic (exact) mass is 492 g/mol. The van der Waals surface area contributed by atoms with Crippen molar-refractivity contribution >= 4 is 11.8 Å². The van der Waals surface area contributed by atoms with E-state index in [4.69, 9.17) is 0 Å². The summed E-state index contributed by atoms with van der Waals surface area (Å²) >= 11 is 0. The van der Waals surface area contributed by atoms with E-state index in [9.17, 15) is 18.8 Å². The fourth-order valence-electron chi connectivity index (χ4n) is 5.09. The number of fused-ring (bicyclic) bond motifs is 1. The third-order valence-electron chi connectivity index (χ3n) is 7.01. The summed E-state index contributed by atoms with van der Waals surface area (Å²) < 4.78 is 16.5. The summed E-state index contributed by atoms with van der Waals surface area (Å²) in [7, 11) is 1.80. The highest BCUT2D eigenvalue weighted by atomic mass is 19.1. The number of halogens is 1. The first kappa shape index (κ1) is 23.9. The van der Waals surface area contributed by atoms with Gasteiger partial charge in [-0.05, 0) is 55.4 Å². The quantitative estimate of drug-likeness (QED) is 0.601. The SMILES string of the molecule is Cn1cnc(C(=O)N2CCCN(C(=O)c3cc(Cc4n[nH]c(=O)c5c4CCCC5)ccc3F)CC2)c1. The van der Waals surface area contributed by atoms with Gasteiger partial charge in [0.05, 0.1) is 17.6 Å². The largest absolute Gasteiger partial charge is 0.340 e. The molecule has 10 heteroatoms. The van der Waals surface area contributed by atoms with Crippen molar-refractivity contribution in [3.8, 4) is 0 Å². The number of hydrogen-bond donors (Lipinski definition) is 1. The number of amides is 2. The molecule has 0 bridgehead atoms. The molecule has 36 heavy (non-hydrogen) atoms. The van der Waals surface area contributed by atoms with Crippen LogP contribution in [0.1, 0.15) is 62.5 Å². The third-order valence-corrected chi connectivity index (χ3v) is 7.01. The molecule has 1 aliphatic carbocycles. The Morgan fingerprint density at radius 3 is 2.44 bits per heavy atom. The first-order chi connectivity index (χ1) is 17.4. The molecule has 2 aromatic heterocycles. The van der Waals surface area contributed by atoms with Gasteiger partial charge in [0.2, 0.25) is 0 Å². The maximum absolute atomic E-state index is 14.8. The second kappa shape index (κ2) is 10.0. The zero-order valence-corrected chi connectivity index (χ0v) is 20.3. The molecule has 2 aliphatic rings. The molecule has 1 N–H and O–H groups in total. The second-order valence-electron chi connectivity index (χ2n) is 9.52. The summed E-state index contributed by atoms with van der Waals surface area (Å²) in [4.78, 5) is 45.7. The van der Waals surface area contributed by atoms with Crippen LogP contribution in [0.3, 0.4) is 0 Å². The molecule has 1 fully saturated rings. The topological polar surface area (TPSA) is 104 Å². The molecule has 9 nitrogen and oxygen atoms in total. The molecule has 1 saturated heterocycles. The lowest BCUT2D eigenvalue weighted by molar-refractivity contribution is 0.0713. The van der Waals surface area contributed by atoms with Crippen LogP contribution in [0.15, 0.2) is 35.5 Å². The van der Waals surface area contributed by atoms with E-state index >= 15 is 0 Å². The molecular weight excluding hydrogens is 463 g/mol. The van der Waals surface area contributed by atoms with Crippen LogP contribution in [-0.4, -0.2) is 67.5 Å². The summed E-state index contributed by atoms with van der Waals surface area (Å²) in [5.41, 5.74) is 3.54. The van der Waals surface area contributed by atoms with Crippen LogP contribution in [0.5, 0.6) is 0 Å². The van der Waals surface area contributed by atoms with E-state index in [-0.39, 0.29) is 17.0 Å². The van der Waals surface area contributed by atoms with Gasteiger partial charge in [-0.15, -0.1) is 0 Å². The Morgan fingerprint density at radius 2 is 1.72 bits per heavy atom. The van der Waals surface area contributed by atoms with Crippen LogP contribution in [0, 0.1) is 5.82 Å². The molecule has 5 rings (SSSR count). The molecule has 0 saturated carbocycles. The number of hydrogen-bond acceptors (Lipinski definition) is 5. The van der Waals surface area contributed by atoms with Gasteiger partial charge in [0.15, 0.2) is 0 Å². The lowest BCUT2D eigenvalue weighted by atomic mass is 9.90. The number of H-pyrrole nitrogens is 1. The first-order valence-electron chi connectivity index (χ1n) is 12.3. The van der Waals surface area contributed by atoms with E-state index in [1.165, 1.54) is 6.07 Å². The number of nitrogens with one attached hydrogen (secondary N) is 1. The molecule has 3 aromatic rings. The zero-order valence-electron chi connectivity index (χ0n) is 20.3. The van der Waals surface area contributed by atoms with Gasteiger partial charge in [0.1, 0.15) is 11.5 Å². The van der Waals surface area contributed by atoms with Crippen molar-refractivity contribution < 1.29 is 14.0 Å². The summed E-state index contributed by atoms with van der Waals surface area (Å²) in [5.74, 6) is -1.14. The standard InChI is InChI=1S/C26H29FN6O3/c1-31-15-23(28-16-31)26(36)33-10-4-9-32(11-12-33)25(35)20-13-17(7-8-21(20)27)14-22-18-5-2-3-6-19(18)24(34)30-29-22/h7-8,13,15-16H,2-6,9-12,14H2,1H3,(H,30,34). The fourth-order valence-corrected chi connectivity index (χ4v) is 5.09. The first-order valence-corrected chi connectivity index (χ1v) is 12.3. The minimum absolute atomic E-state index is 0.00953. The molecule has 0 spiro atoms. The van der Waals surface area contributed by atoms with Crippen LogP contribution in [0.4, 0.5) is 4.39 Å². The molecule has 3 heterocycles. The van der Waals surface area contributed by atoms with E-state index in [1.807, 2.05) is 0 Å². The Balaban J connectivity index is 1.31. The van der Waals surface area contributed by atoms with Gasteiger partial charge in [-0.2, -0.15) is 5.10 Å². The van der Waals surface area contributed by atoms with Gasteiger partial charge in [0, 0.05) is 51.4 Å². The van der Waals surface area contributed by atoms with E-state index in [0.29, 0.717) is 44.7 Å². The van der Waals surface area contributed by atoms with E-state index in [2.05, 4.69) is 15.2 Å². The van der Waals surface area contributed by atoms with E-state index in [1.54, 1.807) is 46.1 Å². The molecule has 0 atom stereocenters. The van der Waals surface area contributed by atoms with Crippen molar-refractivity contribution in [1.29, 1.82) is 0 Å². The highest BCUT2D eigenvalue weighted by Gasteiger charge is 2.26. The second-order valence-corrected chi connectivity index (χ2v) is 9.52. The lowest BCUT2D eigenvalue weighted by Crippen LogP contribution is -2.37. The summed E-state index contributed by atoms with van der Waals surface area (Å²) in [6.07, 6.45) is 7.78. The summed E-state index contributed by atoms with van der Waals surface area (Å²) in [6.45, 7) is 1.61. The van der Waals surface area contributed by atoms with Gasteiger partial charge in [-0.25, -0.2) is 14.5 Å². The van der Waals surface area contributed by atoms with Crippen LogP contribution >= 0.6 is 0 Å². The zero-order chi connectivity index (χ0) is 25.2. The number of nitrogens with zero attached hydrogens (tertiary/aromatic N) is 5. The Bertz CT molecular complexity index is 1360. The molecule has 0 radical (unpaired) electrons. The number of aryl methyl sites for hydroxylation is 1. The molecular formula is C26H29FN6O3. The third kappa shape index (κ3) is 4.80. The maximum atomic E-state index is 14.8. The smallest absolute Gasteiger partial charge is 0.274 e. The van der Waals surface area contributed by atoms with Crippen molar-refractivity contribution in [2.45, 2.75) is 38.5 Å². The van der Waals surface area contributed by atoms with Gasteiger partial charge < -0.3 is 14.4 Å². The molecule has 188 valence electrons. The van der Waals surface area contributed by atoms with Crippen molar-refractivity contribution in [3.05, 3.63) is 80.5 Å². The van der Waals surface area contributed by atoms with E-state index in [0.717, 1.165) is 48.1 Å². The van der Waals surface area contributed by atoms with Crippen molar-refractivity contribution in [2.24, 2.45) is 7.05 Å². The molecule has 1 aliphatic heterocycles. The summed E-state index contributed by atoms with van der Waals surface area (Å²) in [6, 6.07) is 4.56. The lowest BCUT2D eigenvalue weighted by Gasteiger charge is -2.22. The number of imidazole rings is 1. The predicted octanol–water partition coefficient (Wildman–Crippen LogP) is 2.10. The summed E-state index contributed by atoms with van der Waals surface area (Å²) in [5, 5.41) is 6.86. The average Bonchev–Trinajstić information content (AvgIpc) is 3.17. The Labute approximate surface area is 207 Å². The van der Waals surface area contributed by atoms with Crippen molar-refractivity contribution in [2.75, 3.05) is 26.2 Å². The molecule has 2 amide bonds. The van der Waals surface area contributed by atoms with Gasteiger partial charge in [-0.3, -0.25) is 14.4 Å². The van der Waals surface area contributed by atoms with Gasteiger partial charge >= 0.3 is 0 Å². The van der Waals surface area contributed by atoms with Crippen LogP contribution in [0.2, 0.25) is 0 Å². The number of carbonyl (C=O) groups is 2.